The quantitative estimate of drug-likeness (QED) is 0.250. The van der Waals surface area contributed by atoms with Crippen LogP contribution in [0.5, 0.6) is 0 Å². The Labute approximate surface area is 265 Å². The summed E-state index contributed by atoms with van der Waals surface area (Å²) in [6.07, 6.45) is -6.22. The zero-order valence-corrected chi connectivity index (χ0v) is 25.6. The molecule has 0 saturated heterocycles. The molecular formula is C30H29ClF7N3O4S. The number of ketones is 1. The van der Waals surface area contributed by atoms with E-state index in [-0.39, 0.29) is 54.7 Å². The van der Waals surface area contributed by atoms with Crippen molar-refractivity contribution in [1.82, 2.24) is 9.55 Å². The second-order valence-electron chi connectivity index (χ2n) is 11.7. The molecule has 5 rings (SSSR count). The molecule has 0 unspecified atom stereocenters. The van der Waals surface area contributed by atoms with E-state index in [0.717, 1.165) is 60.3 Å². The Hall–Kier alpha value is -3.17. The summed E-state index contributed by atoms with van der Waals surface area (Å²) in [5, 5.41) is 10.2. The Morgan fingerprint density at radius 1 is 0.957 bits per heavy atom. The van der Waals surface area contributed by atoms with Crippen LogP contribution in [0.4, 0.5) is 36.4 Å². The smallest absolute Gasteiger partial charge is 0.369 e. The Morgan fingerprint density at radius 3 is 2.22 bits per heavy atom. The number of Topliss-reactive ketones (excluding diaryl/α,β-unsaturated/α-hetero) is 1. The topological polar surface area (TPSA) is 92.5 Å². The summed E-state index contributed by atoms with van der Waals surface area (Å²) in [6, 6.07) is 4.24. The van der Waals surface area contributed by atoms with E-state index in [2.05, 4.69) is 4.98 Å². The van der Waals surface area contributed by atoms with Crippen LogP contribution in [0.2, 0.25) is 5.15 Å². The van der Waals surface area contributed by atoms with Gasteiger partial charge in [0.1, 0.15) is 16.8 Å². The maximum Gasteiger partial charge on any atom is 0.430 e. The number of benzene rings is 2. The van der Waals surface area contributed by atoms with Gasteiger partial charge < -0.3 is 9.67 Å². The summed E-state index contributed by atoms with van der Waals surface area (Å²) in [7, 11) is -4.60. The van der Waals surface area contributed by atoms with Gasteiger partial charge in [-0.3, -0.25) is 9.10 Å². The van der Waals surface area contributed by atoms with E-state index >= 15 is 0 Å². The molecular weight excluding hydrogens is 667 g/mol. The highest BCUT2D eigenvalue weighted by Crippen LogP contribution is 2.51. The van der Waals surface area contributed by atoms with Crippen LogP contribution in [0.25, 0.3) is 0 Å². The number of fused-ring (bicyclic) bond motifs is 1. The van der Waals surface area contributed by atoms with Gasteiger partial charge in [-0.25, -0.2) is 17.8 Å². The molecule has 1 aromatic heterocycles. The number of hydrogen-bond donors (Lipinski definition) is 1. The third kappa shape index (κ3) is 6.37. The van der Waals surface area contributed by atoms with Crippen LogP contribution in [0.1, 0.15) is 62.1 Å². The van der Waals surface area contributed by atoms with E-state index < -0.39 is 50.3 Å². The van der Waals surface area contributed by atoms with Gasteiger partial charge in [0.25, 0.3) is 15.6 Å². The Bertz CT molecular complexity index is 1680. The number of carbonyl (C=O) groups is 1. The number of hydrogen-bond acceptors (Lipinski definition) is 5. The van der Waals surface area contributed by atoms with Gasteiger partial charge >= 0.3 is 12.4 Å². The SMILES string of the molecule is O=C(C[C@H]1CCCC[C@H]1n1cnc(Cl)c1)C[C@@H]1CCc2cc(C(O)(C(F)(F)F)C(F)(F)F)ccc2N1S(=O)(=O)c1ccc(F)cc1. The predicted octanol–water partition coefficient (Wildman–Crippen LogP) is 7.28. The first-order valence-corrected chi connectivity index (χ1v) is 16.2. The summed E-state index contributed by atoms with van der Waals surface area (Å²) in [5.74, 6) is -1.13. The van der Waals surface area contributed by atoms with Crippen molar-refractivity contribution in [2.45, 2.75) is 86.3 Å². The molecule has 3 aromatic rings. The highest BCUT2D eigenvalue weighted by Gasteiger charge is 2.71. The number of nitrogens with zero attached hydrogens (tertiary/aromatic N) is 3. The summed E-state index contributed by atoms with van der Waals surface area (Å²) in [6.45, 7) is 0. The van der Waals surface area contributed by atoms with Crippen molar-refractivity contribution in [3.63, 3.8) is 0 Å². The molecule has 0 radical (unpaired) electrons. The van der Waals surface area contributed by atoms with Crippen LogP contribution >= 0.6 is 11.6 Å². The highest BCUT2D eigenvalue weighted by molar-refractivity contribution is 7.92. The first-order valence-electron chi connectivity index (χ1n) is 14.4. The number of imidazole rings is 1. The fourth-order valence-corrected chi connectivity index (χ4v) is 8.40. The number of rotatable bonds is 8. The van der Waals surface area contributed by atoms with Gasteiger partial charge in [0.15, 0.2) is 0 Å². The predicted molar refractivity (Wildman–Crippen MR) is 153 cm³/mol. The number of halogens is 8. The molecule has 16 heteroatoms. The van der Waals surface area contributed by atoms with Gasteiger partial charge in [0.05, 0.1) is 23.0 Å². The van der Waals surface area contributed by atoms with E-state index in [0.29, 0.717) is 17.3 Å². The van der Waals surface area contributed by atoms with Gasteiger partial charge in [-0.1, -0.05) is 36.6 Å². The zero-order chi connectivity index (χ0) is 33.7. The van der Waals surface area contributed by atoms with Crippen LogP contribution in [-0.2, 0) is 26.8 Å². The number of sulfonamides is 1. The molecule has 1 fully saturated rings. The molecule has 1 saturated carbocycles. The average Bonchev–Trinajstić information content (AvgIpc) is 3.41. The van der Waals surface area contributed by atoms with Crippen molar-refractivity contribution in [2.75, 3.05) is 4.31 Å². The molecule has 2 aromatic carbocycles. The molecule has 2 aliphatic rings. The Morgan fingerprint density at radius 2 is 1.61 bits per heavy atom. The minimum absolute atomic E-state index is 0.0664. The van der Waals surface area contributed by atoms with E-state index in [9.17, 15) is 49.1 Å². The number of aromatic nitrogens is 2. The van der Waals surface area contributed by atoms with Gasteiger partial charge in [0, 0.05) is 30.6 Å². The molecule has 7 nitrogen and oxygen atoms in total. The Balaban J connectivity index is 1.50. The summed E-state index contributed by atoms with van der Waals surface area (Å²) in [4.78, 5) is 17.2. The maximum atomic E-state index is 13.9. The van der Waals surface area contributed by atoms with E-state index in [4.69, 9.17) is 11.6 Å². The molecule has 0 amide bonds. The minimum atomic E-state index is -6.14. The van der Waals surface area contributed by atoms with Gasteiger partial charge in [-0.05, 0) is 67.5 Å². The second-order valence-corrected chi connectivity index (χ2v) is 13.9. The van der Waals surface area contributed by atoms with Crippen LogP contribution in [0, 0.1) is 11.7 Å². The number of aryl methyl sites for hydroxylation is 1. The monoisotopic (exact) mass is 695 g/mol. The molecule has 1 N–H and O–H groups in total. The fraction of sp³-hybridized carbons (Fsp3) is 0.467. The molecule has 1 aliphatic heterocycles. The fourth-order valence-electron chi connectivity index (χ4n) is 6.53. The maximum absolute atomic E-state index is 13.9. The van der Waals surface area contributed by atoms with E-state index in [1.165, 1.54) is 0 Å². The number of carbonyl (C=O) groups excluding carboxylic acids is 1. The number of alkyl halides is 6. The third-order valence-corrected chi connectivity index (χ3v) is 10.9. The number of anilines is 1. The van der Waals surface area contributed by atoms with E-state index in [1.54, 1.807) is 12.5 Å². The van der Waals surface area contributed by atoms with Gasteiger partial charge in [0.2, 0.25) is 0 Å². The lowest BCUT2D eigenvalue weighted by atomic mass is 9.80. The van der Waals surface area contributed by atoms with Crippen LogP contribution < -0.4 is 4.31 Å². The lowest BCUT2D eigenvalue weighted by molar-refractivity contribution is -0.376. The van der Waals surface area contributed by atoms with Crippen molar-refractivity contribution in [1.29, 1.82) is 0 Å². The van der Waals surface area contributed by atoms with Crippen molar-refractivity contribution in [3.05, 3.63) is 77.1 Å². The van der Waals surface area contributed by atoms with Crippen LogP contribution in [0.3, 0.4) is 0 Å². The number of aliphatic hydroxyl groups is 1. The summed E-state index contributed by atoms with van der Waals surface area (Å²) < 4.78 is 126. The third-order valence-electron chi connectivity index (χ3n) is 8.78. The lowest BCUT2D eigenvalue weighted by Crippen LogP contribution is -2.54. The molecule has 0 bridgehead atoms. The van der Waals surface area contributed by atoms with E-state index in [1.807, 2.05) is 4.57 Å². The van der Waals surface area contributed by atoms with Crippen LogP contribution in [-0.4, -0.2) is 47.3 Å². The normalized spacial score (nSPS) is 21.2. The standard InChI is InChI=1S/C30H29ClF7N3O4S/c31-27-16-40(17-39-27)25-4-2-1-3-18(25)14-23(42)15-22-9-5-19-13-20(28(43,29(33,34)35)30(36,37)38)6-12-26(19)41(22)46(44,45)24-10-7-21(32)8-11-24/h6-8,10-13,16-18,22,25,43H,1-5,9,14-15H2/t18-,22+,25-/m1/s1. The van der Waals surface area contributed by atoms with Crippen molar-refractivity contribution in [3.8, 4) is 0 Å². The molecule has 3 atom stereocenters. The molecule has 1 aliphatic carbocycles. The Kier molecular flexibility index (Phi) is 9.25. The van der Waals surface area contributed by atoms with Crippen molar-refractivity contribution < 1.29 is 49.1 Å². The first kappa shape index (κ1) is 34.2. The van der Waals surface area contributed by atoms with Gasteiger partial charge in [-0.15, -0.1) is 0 Å². The first-order chi connectivity index (χ1) is 21.4. The zero-order valence-electron chi connectivity index (χ0n) is 24.0. The highest BCUT2D eigenvalue weighted by atomic mass is 35.5. The molecule has 46 heavy (non-hydrogen) atoms. The van der Waals surface area contributed by atoms with Crippen molar-refractivity contribution >= 4 is 33.1 Å². The molecule has 250 valence electrons. The molecule has 2 heterocycles. The largest absolute Gasteiger partial charge is 0.430 e. The minimum Gasteiger partial charge on any atom is -0.369 e. The average molecular weight is 696 g/mol. The van der Waals surface area contributed by atoms with Gasteiger partial charge in [-0.2, -0.15) is 26.3 Å². The summed E-state index contributed by atoms with van der Waals surface area (Å²) in [5.41, 5.74) is -7.18. The molecule has 0 spiro atoms. The van der Waals surface area contributed by atoms with Crippen molar-refractivity contribution in [2.24, 2.45) is 5.92 Å². The summed E-state index contributed by atoms with van der Waals surface area (Å²) >= 11 is 5.99. The lowest BCUT2D eigenvalue weighted by Gasteiger charge is -2.39. The van der Waals surface area contributed by atoms with Crippen LogP contribution in [0.15, 0.2) is 59.9 Å². The second kappa shape index (κ2) is 12.5.